The zero-order chi connectivity index (χ0) is 10.2. The molecule has 74 valence electrons. The number of amides is 1. The SMILES string of the molecule is [N-]=[N+]=NCCCNC(=O)c1ccc[nH]1. The van der Waals surface area contributed by atoms with Crippen molar-refractivity contribution in [3.63, 3.8) is 0 Å². The van der Waals surface area contributed by atoms with Crippen molar-refractivity contribution in [3.8, 4) is 0 Å². The van der Waals surface area contributed by atoms with Crippen LogP contribution in [-0.4, -0.2) is 24.0 Å². The molecular weight excluding hydrogens is 182 g/mol. The molecule has 0 bridgehead atoms. The molecule has 0 saturated heterocycles. The van der Waals surface area contributed by atoms with E-state index in [1.165, 1.54) is 0 Å². The lowest BCUT2D eigenvalue weighted by atomic mass is 10.4. The standard InChI is InChI=1S/C8H11N5O/c9-13-12-6-2-5-11-8(14)7-3-1-4-10-7/h1,3-4,10H,2,5-6H2,(H,11,14). The molecule has 0 spiro atoms. The summed E-state index contributed by atoms with van der Waals surface area (Å²) < 4.78 is 0. The summed E-state index contributed by atoms with van der Waals surface area (Å²) in [5, 5.41) is 6.04. The largest absolute Gasteiger partial charge is 0.357 e. The van der Waals surface area contributed by atoms with E-state index in [1.54, 1.807) is 18.3 Å². The molecule has 0 saturated carbocycles. The second-order valence-electron chi connectivity index (χ2n) is 2.65. The van der Waals surface area contributed by atoms with Crippen molar-refractivity contribution in [3.05, 3.63) is 34.5 Å². The predicted molar refractivity (Wildman–Crippen MR) is 51.8 cm³/mol. The molecule has 1 rings (SSSR count). The highest BCUT2D eigenvalue weighted by Crippen LogP contribution is 1.93. The normalized spacial score (nSPS) is 9.14. The van der Waals surface area contributed by atoms with E-state index in [-0.39, 0.29) is 5.91 Å². The average molecular weight is 193 g/mol. The summed E-state index contributed by atoms with van der Waals surface area (Å²) in [6, 6.07) is 3.46. The number of nitrogens with zero attached hydrogens (tertiary/aromatic N) is 3. The van der Waals surface area contributed by atoms with E-state index in [2.05, 4.69) is 20.3 Å². The minimum atomic E-state index is -0.143. The van der Waals surface area contributed by atoms with Gasteiger partial charge in [-0.15, -0.1) is 0 Å². The van der Waals surface area contributed by atoms with Gasteiger partial charge in [-0.05, 0) is 24.1 Å². The lowest BCUT2D eigenvalue weighted by molar-refractivity contribution is 0.0949. The molecule has 0 aliphatic carbocycles. The molecule has 0 aliphatic rings. The smallest absolute Gasteiger partial charge is 0.267 e. The molecule has 1 amide bonds. The van der Waals surface area contributed by atoms with Gasteiger partial charge in [-0.3, -0.25) is 4.79 Å². The summed E-state index contributed by atoms with van der Waals surface area (Å²) in [6.45, 7) is 0.915. The Hall–Kier alpha value is -1.94. The van der Waals surface area contributed by atoms with Crippen LogP contribution in [0.2, 0.25) is 0 Å². The van der Waals surface area contributed by atoms with E-state index in [4.69, 9.17) is 5.53 Å². The van der Waals surface area contributed by atoms with Gasteiger partial charge in [-0.25, -0.2) is 0 Å². The van der Waals surface area contributed by atoms with Crippen LogP contribution in [0.15, 0.2) is 23.4 Å². The van der Waals surface area contributed by atoms with Gasteiger partial charge in [-0.1, -0.05) is 5.11 Å². The zero-order valence-corrected chi connectivity index (χ0v) is 7.60. The fourth-order valence-electron chi connectivity index (χ4n) is 0.963. The number of rotatable bonds is 5. The summed E-state index contributed by atoms with van der Waals surface area (Å²) in [6.07, 6.45) is 2.34. The molecule has 2 N–H and O–H groups in total. The fraction of sp³-hybridized carbons (Fsp3) is 0.375. The summed E-state index contributed by atoms with van der Waals surface area (Å²) in [5.41, 5.74) is 8.53. The number of hydrogen-bond acceptors (Lipinski definition) is 2. The highest BCUT2D eigenvalue weighted by molar-refractivity contribution is 5.92. The van der Waals surface area contributed by atoms with E-state index >= 15 is 0 Å². The summed E-state index contributed by atoms with van der Waals surface area (Å²) in [5.74, 6) is -0.143. The first kappa shape index (κ1) is 10.1. The van der Waals surface area contributed by atoms with Crippen LogP contribution in [0.4, 0.5) is 0 Å². The Morgan fingerprint density at radius 1 is 1.71 bits per heavy atom. The van der Waals surface area contributed by atoms with Gasteiger partial charge in [0, 0.05) is 24.2 Å². The van der Waals surface area contributed by atoms with Crippen LogP contribution in [0.25, 0.3) is 10.4 Å². The van der Waals surface area contributed by atoms with Gasteiger partial charge in [0.2, 0.25) is 0 Å². The molecule has 14 heavy (non-hydrogen) atoms. The average Bonchev–Trinajstić information content (AvgIpc) is 2.70. The minimum Gasteiger partial charge on any atom is -0.357 e. The maximum absolute atomic E-state index is 11.3. The number of azide groups is 1. The highest BCUT2D eigenvalue weighted by Gasteiger charge is 2.03. The molecule has 0 fully saturated rings. The Balaban J connectivity index is 2.19. The van der Waals surface area contributed by atoms with Gasteiger partial charge in [0.25, 0.3) is 5.91 Å². The Bertz CT molecular complexity index is 326. The topological polar surface area (TPSA) is 93.7 Å². The number of aromatic nitrogens is 1. The van der Waals surface area contributed by atoms with Crippen molar-refractivity contribution in [2.45, 2.75) is 6.42 Å². The van der Waals surface area contributed by atoms with Crippen LogP contribution in [0.1, 0.15) is 16.9 Å². The van der Waals surface area contributed by atoms with Crippen LogP contribution >= 0.6 is 0 Å². The van der Waals surface area contributed by atoms with E-state index in [0.717, 1.165) is 0 Å². The van der Waals surface area contributed by atoms with Crippen molar-refractivity contribution < 1.29 is 4.79 Å². The van der Waals surface area contributed by atoms with Crippen molar-refractivity contribution in [1.82, 2.24) is 10.3 Å². The molecule has 1 aromatic rings. The zero-order valence-electron chi connectivity index (χ0n) is 7.60. The summed E-state index contributed by atoms with van der Waals surface area (Å²) >= 11 is 0. The molecule has 6 heteroatoms. The lowest BCUT2D eigenvalue weighted by Gasteiger charge is -2.00. The molecule has 0 aliphatic heterocycles. The number of aromatic amines is 1. The van der Waals surface area contributed by atoms with Crippen LogP contribution < -0.4 is 5.32 Å². The van der Waals surface area contributed by atoms with E-state index in [0.29, 0.717) is 25.2 Å². The number of carbonyl (C=O) groups excluding carboxylic acids is 1. The Morgan fingerprint density at radius 3 is 3.21 bits per heavy atom. The first-order chi connectivity index (χ1) is 6.84. The monoisotopic (exact) mass is 193 g/mol. The number of H-pyrrole nitrogens is 1. The predicted octanol–water partition coefficient (Wildman–Crippen LogP) is 1.44. The van der Waals surface area contributed by atoms with Gasteiger partial charge < -0.3 is 10.3 Å². The van der Waals surface area contributed by atoms with Gasteiger partial charge in [-0.2, -0.15) is 0 Å². The molecule has 6 nitrogen and oxygen atoms in total. The second-order valence-corrected chi connectivity index (χ2v) is 2.65. The summed E-state index contributed by atoms with van der Waals surface area (Å²) in [4.78, 5) is 16.7. The van der Waals surface area contributed by atoms with Crippen LogP contribution in [0.3, 0.4) is 0 Å². The first-order valence-corrected chi connectivity index (χ1v) is 4.27. The maximum atomic E-state index is 11.3. The van der Waals surface area contributed by atoms with Crippen LogP contribution in [-0.2, 0) is 0 Å². The van der Waals surface area contributed by atoms with Gasteiger partial charge >= 0.3 is 0 Å². The third-order valence-electron chi connectivity index (χ3n) is 1.63. The minimum absolute atomic E-state index is 0.143. The van der Waals surface area contributed by atoms with Crippen molar-refractivity contribution in [2.75, 3.05) is 13.1 Å². The molecule has 0 unspecified atom stereocenters. The van der Waals surface area contributed by atoms with Crippen LogP contribution in [0, 0.1) is 0 Å². The molecule has 0 atom stereocenters. The molecular formula is C8H11N5O. The summed E-state index contributed by atoms with van der Waals surface area (Å²) in [7, 11) is 0. The second kappa shape index (κ2) is 5.66. The number of nitrogens with one attached hydrogen (secondary N) is 2. The van der Waals surface area contributed by atoms with Crippen molar-refractivity contribution in [2.24, 2.45) is 5.11 Å². The number of carbonyl (C=O) groups is 1. The van der Waals surface area contributed by atoms with E-state index in [1.807, 2.05) is 0 Å². The quantitative estimate of drug-likeness (QED) is 0.315. The van der Waals surface area contributed by atoms with Gasteiger partial charge in [0.15, 0.2) is 0 Å². The molecule has 0 radical (unpaired) electrons. The van der Waals surface area contributed by atoms with Gasteiger partial charge in [0.05, 0.1) is 0 Å². The van der Waals surface area contributed by atoms with E-state index in [9.17, 15) is 4.79 Å². The Kier molecular flexibility index (Phi) is 4.10. The molecule has 1 heterocycles. The maximum Gasteiger partial charge on any atom is 0.267 e. The Labute approximate surface area is 80.9 Å². The molecule has 1 aromatic heterocycles. The highest BCUT2D eigenvalue weighted by atomic mass is 16.1. The van der Waals surface area contributed by atoms with Gasteiger partial charge in [0.1, 0.15) is 5.69 Å². The van der Waals surface area contributed by atoms with E-state index < -0.39 is 0 Å². The van der Waals surface area contributed by atoms with Crippen molar-refractivity contribution in [1.29, 1.82) is 0 Å². The third-order valence-corrected chi connectivity index (χ3v) is 1.63. The number of hydrogen-bond donors (Lipinski definition) is 2. The third kappa shape index (κ3) is 3.20. The lowest BCUT2D eigenvalue weighted by Crippen LogP contribution is -2.25. The Morgan fingerprint density at radius 2 is 2.57 bits per heavy atom. The van der Waals surface area contributed by atoms with Crippen LogP contribution in [0.5, 0.6) is 0 Å². The first-order valence-electron chi connectivity index (χ1n) is 4.27. The fourth-order valence-corrected chi connectivity index (χ4v) is 0.963. The van der Waals surface area contributed by atoms with Crippen molar-refractivity contribution >= 4 is 5.91 Å². The molecule has 0 aromatic carbocycles.